The minimum atomic E-state index is -3.65. The highest BCUT2D eigenvalue weighted by Gasteiger charge is 2.18. The molecule has 5 nitrogen and oxygen atoms in total. The fraction of sp³-hybridized carbons (Fsp3) is 0.286. The summed E-state index contributed by atoms with van der Waals surface area (Å²) in [5.41, 5.74) is 2.63. The zero-order valence-corrected chi connectivity index (χ0v) is 16.6. The molecular weight excluding hydrogens is 360 g/mol. The van der Waals surface area contributed by atoms with E-state index in [0.29, 0.717) is 18.5 Å². The molecule has 0 radical (unpaired) electrons. The van der Waals surface area contributed by atoms with Gasteiger partial charge in [-0.2, -0.15) is 0 Å². The molecule has 1 heterocycles. The molecule has 0 spiro atoms. The number of rotatable bonds is 6. The molecule has 0 atom stereocenters. The Kier molecular flexibility index (Phi) is 5.37. The minimum absolute atomic E-state index is 0.0152. The van der Waals surface area contributed by atoms with Gasteiger partial charge in [0, 0.05) is 24.0 Å². The molecule has 0 aliphatic carbocycles. The molecule has 0 unspecified atom stereocenters. The first-order valence-corrected chi connectivity index (χ1v) is 10.4. The fourth-order valence-electron chi connectivity index (χ4n) is 2.87. The largest absolute Gasteiger partial charge is 0.356 e. The number of benzene rings is 2. The summed E-state index contributed by atoms with van der Waals surface area (Å²) in [4.78, 5) is 11.9. The maximum atomic E-state index is 13.0. The Bertz CT molecular complexity index is 1060. The molecule has 0 saturated carbocycles. The molecule has 1 aromatic heterocycles. The fourth-order valence-corrected chi connectivity index (χ4v) is 4.22. The second-order valence-corrected chi connectivity index (χ2v) is 8.83. The summed E-state index contributed by atoms with van der Waals surface area (Å²) in [7, 11) is -3.65. The van der Waals surface area contributed by atoms with Crippen LogP contribution in [0.25, 0.3) is 10.9 Å². The highest BCUT2D eigenvalue weighted by atomic mass is 32.2. The molecular formula is C21H24N2O3S. The summed E-state index contributed by atoms with van der Waals surface area (Å²) in [5, 5.41) is 3.75. The number of carbonyl (C=O) groups is 1. The molecule has 1 amide bonds. The standard InChI is InChI=1S/C21H24N2O3S/c1-15(2)21(24)22-12-10-17-6-7-18-11-13-23(20(18)14-17)27(25,26)19-8-4-16(3)5-9-19/h4-9,11,13-15H,10,12H2,1-3H3,(H,22,24). The summed E-state index contributed by atoms with van der Waals surface area (Å²) in [6.07, 6.45) is 2.23. The predicted molar refractivity (Wildman–Crippen MR) is 107 cm³/mol. The molecule has 6 heteroatoms. The van der Waals surface area contributed by atoms with Gasteiger partial charge in [-0.1, -0.05) is 43.7 Å². The second-order valence-electron chi connectivity index (χ2n) is 7.02. The van der Waals surface area contributed by atoms with Gasteiger partial charge < -0.3 is 5.32 Å². The maximum absolute atomic E-state index is 13.0. The van der Waals surface area contributed by atoms with Gasteiger partial charge in [0.05, 0.1) is 10.4 Å². The Morgan fingerprint density at radius 2 is 1.78 bits per heavy atom. The molecule has 3 rings (SSSR count). The Morgan fingerprint density at radius 3 is 2.44 bits per heavy atom. The number of amides is 1. The number of hydrogen-bond acceptors (Lipinski definition) is 3. The zero-order chi connectivity index (χ0) is 19.6. The number of aryl methyl sites for hydroxylation is 1. The van der Waals surface area contributed by atoms with E-state index in [2.05, 4.69) is 5.32 Å². The van der Waals surface area contributed by atoms with E-state index in [9.17, 15) is 13.2 Å². The second kappa shape index (κ2) is 7.56. The number of nitrogens with zero attached hydrogens (tertiary/aromatic N) is 1. The lowest BCUT2D eigenvalue weighted by molar-refractivity contribution is -0.123. The zero-order valence-electron chi connectivity index (χ0n) is 15.8. The van der Waals surface area contributed by atoms with Crippen LogP contribution in [-0.2, 0) is 21.2 Å². The Morgan fingerprint density at radius 1 is 1.07 bits per heavy atom. The van der Waals surface area contributed by atoms with Crippen LogP contribution in [0.3, 0.4) is 0 Å². The van der Waals surface area contributed by atoms with Crippen molar-refractivity contribution in [3.63, 3.8) is 0 Å². The average Bonchev–Trinajstić information content (AvgIpc) is 3.06. The van der Waals surface area contributed by atoms with E-state index in [1.165, 1.54) is 3.97 Å². The molecule has 2 aromatic carbocycles. The van der Waals surface area contributed by atoms with E-state index in [1.54, 1.807) is 36.5 Å². The Hall–Kier alpha value is -2.60. The summed E-state index contributed by atoms with van der Waals surface area (Å²) < 4.78 is 27.4. The van der Waals surface area contributed by atoms with Gasteiger partial charge in [-0.25, -0.2) is 12.4 Å². The van der Waals surface area contributed by atoms with Gasteiger partial charge in [-0.15, -0.1) is 0 Å². The third-order valence-corrected chi connectivity index (χ3v) is 6.24. The van der Waals surface area contributed by atoms with Crippen LogP contribution in [0.1, 0.15) is 25.0 Å². The molecule has 0 bridgehead atoms. The third kappa shape index (κ3) is 4.06. The summed E-state index contributed by atoms with van der Waals surface area (Å²) in [6, 6.07) is 14.4. The highest BCUT2D eigenvalue weighted by Crippen LogP contribution is 2.23. The molecule has 27 heavy (non-hydrogen) atoms. The first-order valence-electron chi connectivity index (χ1n) is 8.99. The number of hydrogen-bond donors (Lipinski definition) is 1. The van der Waals surface area contributed by atoms with E-state index in [-0.39, 0.29) is 16.7 Å². The van der Waals surface area contributed by atoms with E-state index >= 15 is 0 Å². The average molecular weight is 385 g/mol. The first-order chi connectivity index (χ1) is 12.8. The number of fused-ring (bicyclic) bond motifs is 1. The number of nitrogens with one attached hydrogen (secondary N) is 1. The van der Waals surface area contributed by atoms with E-state index < -0.39 is 10.0 Å². The summed E-state index contributed by atoms with van der Waals surface area (Å²) in [6.45, 7) is 6.15. The quantitative estimate of drug-likeness (QED) is 0.707. The molecule has 0 aliphatic heterocycles. The third-order valence-electron chi connectivity index (χ3n) is 4.54. The normalized spacial score (nSPS) is 11.9. The van der Waals surface area contributed by atoms with Gasteiger partial charge in [0.2, 0.25) is 5.91 Å². The lowest BCUT2D eigenvalue weighted by Gasteiger charge is -2.10. The van der Waals surface area contributed by atoms with Gasteiger partial charge in [0.1, 0.15) is 0 Å². The van der Waals surface area contributed by atoms with Crippen LogP contribution in [0, 0.1) is 12.8 Å². The number of aromatic nitrogens is 1. The van der Waals surface area contributed by atoms with Crippen LogP contribution in [0.4, 0.5) is 0 Å². The van der Waals surface area contributed by atoms with Crippen LogP contribution in [0.2, 0.25) is 0 Å². The van der Waals surface area contributed by atoms with Crippen LogP contribution >= 0.6 is 0 Å². The van der Waals surface area contributed by atoms with E-state index in [0.717, 1.165) is 16.5 Å². The van der Waals surface area contributed by atoms with Crippen molar-refractivity contribution >= 4 is 26.8 Å². The van der Waals surface area contributed by atoms with Crippen LogP contribution in [-0.4, -0.2) is 24.8 Å². The minimum Gasteiger partial charge on any atom is -0.356 e. The molecule has 1 N–H and O–H groups in total. The molecule has 0 aliphatic rings. The van der Waals surface area contributed by atoms with Crippen molar-refractivity contribution in [1.82, 2.24) is 9.29 Å². The SMILES string of the molecule is Cc1ccc(S(=O)(=O)n2ccc3ccc(CCNC(=O)C(C)C)cc32)cc1. The Balaban J connectivity index is 1.89. The van der Waals surface area contributed by atoms with Crippen molar-refractivity contribution in [2.45, 2.75) is 32.1 Å². The summed E-state index contributed by atoms with van der Waals surface area (Å²) >= 11 is 0. The van der Waals surface area contributed by atoms with Crippen LogP contribution < -0.4 is 5.32 Å². The molecule has 0 saturated heterocycles. The van der Waals surface area contributed by atoms with Crippen LogP contribution in [0.5, 0.6) is 0 Å². The van der Waals surface area contributed by atoms with E-state index in [4.69, 9.17) is 0 Å². The number of carbonyl (C=O) groups excluding carboxylic acids is 1. The van der Waals surface area contributed by atoms with Crippen molar-refractivity contribution in [2.24, 2.45) is 5.92 Å². The van der Waals surface area contributed by atoms with Gasteiger partial charge in [-0.05, 0) is 43.2 Å². The van der Waals surface area contributed by atoms with Gasteiger partial charge in [0.15, 0.2) is 0 Å². The Labute approximate surface area is 160 Å². The molecule has 142 valence electrons. The van der Waals surface area contributed by atoms with Crippen molar-refractivity contribution in [3.05, 3.63) is 65.9 Å². The van der Waals surface area contributed by atoms with Crippen molar-refractivity contribution < 1.29 is 13.2 Å². The van der Waals surface area contributed by atoms with Gasteiger partial charge >= 0.3 is 0 Å². The van der Waals surface area contributed by atoms with Crippen molar-refractivity contribution in [3.8, 4) is 0 Å². The topological polar surface area (TPSA) is 68.2 Å². The highest BCUT2D eigenvalue weighted by molar-refractivity contribution is 7.90. The van der Waals surface area contributed by atoms with Gasteiger partial charge in [0.25, 0.3) is 10.0 Å². The lowest BCUT2D eigenvalue weighted by atomic mass is 10.1. The van der Waals surface area contributed by atoms with Gasteiger partial charge in [-0.3, -0.25) is 4.79 Å². The van der Waals surface area contributed by atoms with Crippen molar-refractivity contribution in [2.75, 3.05) is 6.54 Å². The lowest BCUT2D eigenvalue weighted by Crippen LogP contribution is -2.29. The summed E-state index contributed by atoms with van der Waals surface area (Å²) in [5.74, 6) is -0.0363. The monoisotopic (exact) mass is 384 g/mol. The van der Waals surface area contributed by atoms with E-state index in [1.807, 2.05) is 39.0 Å². The first kappa shape index (κ1) is 19.2. The maximum Gasteiger partial charge on any atom is 0.268 e. The predicted octanol–water partition coefficient (Wildman–Crippen LogP) is 3.50. The smallest absolute Gasteiger partial charge is 0.268 e. The molecule has 0 fully saturated rings. The van der Waals surface area contributed by atoms with Crippen molar-refractivity contribution in [1.29, 1.82) is 0 Å². The van der Waals surface area contributed by atoms with Crippen LogP contribution in [0.15, 0.2) is 59.6 Å². The molecule has 3 aromatic rings.